The zero-order valence-corrected chi connectivity index (χ0v) is 7.56. The van der Waals surface area contributed by atoms with E-state index in [1.807, 2.05) is 0 Å². The number of carboxylic acid groups (broad SMARTS) is 1. The van der Waals surface area contributed by atoms with Crippen molar-refractivity contribution in [3.05, 3.63) is 0 Å². The quantitative estimate of drug-likeness (QED) is 0.452. The first-order valence-corrected chi connectivity index (χ1v) is 4.53. The van der Waals surface area contributed by atoms with Gasteiger partial charge in [-0.1, -0.05) is 0 Å². The summed E-state index contributed by atoms with van der Waals surface area (Å²) in [5, 5.41) is 10.2. The molecule has 70 valence electrons. The van der Waals surface area contributed by atoms with Crippen LogP contribution in [-0.2, 0) is 4.79 Å². The number of piperazine rings is 1. The summed E-state index contributed by atoms with van der Waals surface area (Å²) in [6.45, 7) is 5.23. The van der Waals surface area contributed by atoms with Gasteiger partial charge in [0.2, 0.25) is 0 Å². The second-order valence-electron chi connectivity index (χ2n) is 3.58. The van der Waals surface area contributed by atoms with E-state index in [1.54, 1.807) is 4.90 Å². The highest BCUT2D eigenvalue weighted by Gasteiger charge is 2.18. The predicted octanol–water partition coefficient (Wildman–Crippen LogP) is -4.46. The third-order valence-electron chi connectivity index (χ3n) is 2.49. The molecule has 4 nitrogen and oxygen atoms in total. The lowest BCUT2D eigenvalue weighted by Crippen LogP contribution is -3.27. The Bertz CT molecular complexity index is 153. The van der Waals surface area contributed by atoms with Crippen molar-refractivity contribution in [3.8, 4) is 0 Å². The number of rotatable bonds is 3. The Morgan fingerprint density at radius 2 is 1.92 bits per heavy atom. The molecular weight excluding hydrogens is 156 g/mol. The number of hydrogen-bond donors (Lipinski definition) is 2. The van der Waals surface area contributed by atoms with E-state index in [4.69, 9.17) is 0 Å². The van der Waals surface area contributed by atoms with E-state index in [1.165, 1.54) is 4.90 Å². The molecular formula is C8H17N2O2+. The molecule has 4 heteroatoms. The fourth-order valence-corrected chi connectivity index (χ4v) is 1.56. The summed E-state index contributed by atoms with van der Waals surface area (Å²) in [5.74, 6) is -0.922. The zero-order chi connectivity index (χ0) is 8.97. The van der Waals surface area contributed by atoms with Crippen LogP contribution < -0.4 is 14.9 Å². The number of carboxylic acids is 1. The summed E-state index contributed by atoms with van der Waals surface area (Å²) in [6, 6.07) is 0. The van der Waals surface area contributed by atoms with Gasteiger partial charge in [0.05, 0.1) is 13.6 Å². The van der Waals surface area contributed by atoms with Gasteiger partial charge in [-0.2, -0.15) is 0 Å². The van der Waals surface area contributed by atoms with Crippen molar-refractivity contribution in [2.24, 2.45) is 0 Å². The van der Waals surface area contributed by atoms with Gasteiger partial charge in [0.15, 0.2) is 0 Å². The number of hydrogen-bond acceptors (Lipinski definition) is 2. The lowest BCUT2D eigenvalue weighted by atomic mass is 10.3. The fourth-order valence-electron chi connectivity index (χ4n) is 1.56. The van der Waals surface area contributed by atoms with Gasteiger partial charge in [-0.05, 0) is 0 Å². The van der Waals surface area contributed by atoms with Crippen molar-refractivity contribution < 1.29 is 19.7 Å². The molecule has 12 heavy (non-hydrogen) atoms. The minimum atomic E-state index is -0.922. The average Bonchev–Trinajstić information content (AvgIpc) is 2.03. The van der Waals surface area contributed by atoms with E-state index in [2.05, 4.69) is 7.05 Å². The minimum Gasteiger partial charge on any atom is -0.550 e. The van der Waals surface area contributed by atoms with Crippen molar-refractivity contribution in [1.82, 2.24) is 0 Å². The topological polar surface area (TPSA) is 49.0 Å². The van der Waals surface area contributed by atoms with Crippen molar-refractivity contribution in [3.63, 3.8) is 0 Å². The molecule has 0 aromatic rings. The number of nitrogens with one attached hydrogen (secondary N) is 2. The summed E-state index contributed by atoms with van der Waals surface area (Å²) in [4.78, 5) is 13.1. The Morgan fingerprint density at radius 1 is 1.33 bits per heavy atom. The van der Waals surface area contributed by atoms with Crippen LogP contribution in [0.15, 0.2) is 0 Å². The van der Waals surface area contributed by atoms with Gasteiger partial charge < -0.3 is 19.7 Å². The fraction of sp³-hybridized carbons (Fsp3) is 0.875. The summed E-state index contributed by atoms with van der Waals surface area (Å²) >= 11 is 0. The van der Waals surface area contributed by atoms with Crippen LogP contribution in [0, 0.1) is 0 Å². The van der Waals surface area contributed by atoms with Crippen LogP contribution in [0.1, 0.15) is 6.42 Å². The maximum atomic E-state index is 10.2. The van der Waals surface area contributed by atoms with Crippen molar-refractivity contribution >= 4 is 5.97 Å². The van der Waals surface area contributed by atoms with Gasteiger partial charge >= 0.3 is 0 Å². The second-order valence-corrected chi connectivity index (χ2v) is 3.58. The van der Waals surface area contributed by atoms with Crippen LogP contribution in [0.5, 0.6) is 0 Å². The SMILES string of the molecule is C[NH+]1CC[NH+](CCC(=O)[O-])CC1. The van der Waals surface area contributed by atoms with Gasteiger partial charge in [0.1, 0.15) is 26.2 Å². The average molecular weight is 173 g/mol. The third kappa shape index (κ3) is 3.19. The van der Waals surface area contributed by atoms with E-state index < -0.39 is 5.97 Å². The number of likely N-dealkylation sites (N-methyl/N-ethyl adjacent to an activating group) is 1. The van der Waals surface area contributed by atoms with Gasteiger partial charge in [0.25, 0.3) is 0 Å². The lowest BCUT2D eigenvalue weighted by molar-refractivity contribution is -1.00. The third-order valence-corrected chi connectivity index (χ3v) is 2.49. The molecule has 1 saturated heterocycles. The molecule has 0 aliphatic carbocycles. The normalized spacial score (nSPS) is 30.1. The van der Waals surface area contributed by atoms with E-state index in [0.29, 0.717) is 0 Å². The maximum Gasteiger partial charge on any atom is 0.127 e. The summed E-state index contributed by atoms with van der Waals surface area (Å²) in [5.41, 5.74) is 0. The highest BCUT2D eigenvalue weighted by molar-refractivity contribution is 5.64. The van der Waals surface area contributed by atoms with Crippen LogP contribution in [0.4, 0.5) is 0 Å². The molecule has 1 aliphatic rings. The molecule has 0 radical (unpaired) electrons. The molecule has 1 aliphatic heterocycles. The van der Waals surface area contributed by atoms with Crippen LogP contribution >= 0.6 is 0 Å². The first kappa shape index (κ1) is 9.48. The van der Waals surface area contributed by atoms with Crippen molar-refractivity contribution in [1.29, 1.82) is 0 Å². The smallest absolute Gasteiger partial charge is 0.127 e. The summed E-state index contributed by atoms with van der Waals surface area (Å²) in [6.07, 6.45) is 0.203. The monoisotopic (exact) mass is 173 g/mol. The maximum absolute atomic E-state index is 10.2. The van der Waals surface area contributed by atoms with Gasteiger partial charge in [0, 0.05) is 12.4 Å². The summed E-state index contributed by atoms with van der Waals surface area (Å²) < 4.78 is 0. The van der Waals surface area contributed by atoms with Gasteiger partial charge in [-0.3, -0.25) is 0 Å². The molecule has 0 aromatic carbocycles. The minimum absolute atomic E-state index is 0.203. The Labute approximate surface area is 72.8 Å². The summed E-state index contributed by atoms with van der Waals surface area (Å²) in [7, 11) is 2.18. The Morgan fingerprint density at radius 3 is 2.42 bits per heavy atom. The molecule has 0 bridgehead atoms. The van der Waals surface area contributed by atoms with Gasteiger partial charge in [-0.15, -0.1) is 0 Å². The Kier molecular flexibility index (Phi) is 3.49. The number of carbonyl (C=O) groups is 1. The van der Waals surface area contributed by atoms with E-state index in [0.717, 1.165) is 32.7 Å². The molecule has 1 rings (SSSR count). The number of carbonyl (C=O) groups excluding carboxylic acids is 1. The number of quaternary nitrogens is 2. The highest BCUT2D eigenvalue weighted by atomic mass is 16.4. The first-order valence-electron chi connectivity index (χ1n) is 4.53. The molecule has 1 fully saturated rings. The molecule has 0 aromatic heterocycles. The molecule has 1 heterocycles. The van der Waals surface area contributed by atoms with Crippen LogP contribution in [0.2, 0.25) is 0 Å². The molecule has 0 unspecified atom stereocenters. The lowest BCUT2D eigenvalue weighted by Gasteiger charge is -2.27. The Balaban J connectivity index is 2.13. The van der Waals surface area contributed by atoms with Crippen LogP contribution in [0.25, 0.3) is 0 Å². The molecule has 0 amide bonds. The van der Waals surface area contributed by atoms with E-state index in [9.17, 15) is 9.90 Å². The van der Waals surface area contributed by atoms with Crippen LogP contribution in [0.3, 0.4) is 0 Å². The van der Waals surface area contributed by atoms with E-state index >= 15 is 0 Å². The largest absolute Gasteiger partial charge is 0.550 e. The van der Waals surface area contributed by atoms with Crippen LogP contribution in [-0.4, -0.2) is 45.7 Å². The molecule has 2 N–H and O–H groups in total. The molecule has 0 atom stereocenters. The van der Waals surface area contributed by atoms with E-state index in [-0.39, 0.29) is 6.42 Å². The van der Waals surface area contributed by atoms with Gasteiger partial charge in [-0.25, -0.2) is 0 Å². The van der Waals surface area contributed by atoms with Crippen molar-refractivity contribution in [2.45, 2.75) is 6.42 Å². The Hall–Kier alpha value is -0.610. The zero-order valence-electron chi connectivity index (χ0n) is 7.56. The predicted molar refractivity (Wildman–Crippen MR) is 41.8 cm³/mol. The highest BCUT2D eigenvalue weighted by Crippen LogP contribution is 1.67. The standard InChI is InChI=1S/C8H16N2O2/c1-9-4-6-10(7-5-9)3-2-8(11)12/h2-7H2,1H3,(H,11,12)/p+1. The van der Waals surface area contributed by atoms with Crippen molar-refractivity contribution in [2.75, 3.05) is 39.8 Å². The second kappa shape index (κ2) is 4.42. The number of aliphatic carboxylic acids is 1. The molecule has 0 spiro atoms. The first-order chi connectivity index (χ1) is 5.68. The molecule has 0 saturated carbocycles.